The molecule has 0 heterocycles. The van der Waals surface area contributed by atoms with Gasteiger partial charge in [-0.1, -0.05) is 27.7 Å². The highest BCUT2D eigenvalue weighted by Gasteiger charge is 2.30. The van der Waals surface area contributed by atoms with Crippen LogP contribution in [0.1, 0.15) is 53.4 Å². The first kappa shape index (κ1) is 29.7. The van der Waals surface area contributed by atoms with Crippen molar-refractivity contribution in [2.45, 2.75) is 77.5 Å². The molecule has 4 amide bonds. The lowest BCUT2D eigenvalue weighted by atomic mass is 10.0. The molecule has 4 atom stereocenters. The summed E-state index contributed by atoms with van der Waals surface area (Å²) in [5.74, 6) is -3.83. The van der Waals surface area contributed by atoms with E-state index in [1.165, 1.54) is 0 Å². The van der Waals surface area contributed by atoms with E-state index < -0.39 is 53.8 Å². The maximum absolute atomic E-state index is 12.8. The topological polar surface area (TPSA) is 194 Å². The van der Waals surface area contributed by atoms with Crippen LogP contribution in [0, 0.1) is 11.8 Å². The fourth-order valence-electron chi connectivity index (χ4n) is 2.88. The maximum atomic E-state index is 12.8. The normalized spacial score (nSPS) is 14.9. The number of carboxylic acid groups (broad SMARTS) is 1. The van der Waals surface area contributed by atoms with Gasteiger partial charge in [-0.15, -0.1) is 0 Å². The average Bonchev–Trinajstić information content (AvgIpc) is 2.66. The number of carbonyl (C=O) groups is 5. The molecule has 0 spiro atoms. The molecule has 12 heteroatoms. The van der Waals surface area contributed by atoms with Crippen molar-refractivity contribution in [3.63, 3.8) is 0 Å². The predicted molar refractivity (Wildman–Crippen MR) is 123 cm³/mol. The van der Waals surface area contributed by atoms with Crippen LogP contribution >= 0.6 is 12.6 Å². The van der Waals surface area contributed by atoms with Crippen molar-refractivity contribution in [2.75, 3.05) is 5.75 Å². The van der Waals surface area contributed by atoms with Gasteiger partial charge in [-0.05, 0) is 31.1 Å². The van der Waals surface area contributed by atoms with Crippen molar-refractivity contribution in [3.05, 3.63) is 0 Å². The van der Waals surface area contributed by atoms with Crippen LogP contribution in [0.3, 0.4) is 0 Å². The van der Waals surface area contributed by atoms with Crippen molar-refractivity contribution in [3.8, 4) is 0 Å². The standard InChI is InChI=1S/C20H37N5O6S/c1-10(2)7-12(21)17(27)23-13(5-6-16(22)26)18(28)25-15(9-32)19(29)24-14(20(30)31)8-11(3)4/h10-15,32H,5-9,21H2,1-4H3,(H2,22,26)(H,23,27)(H,24,29)(H,25,28)(H,30,31). The fourth-order valence-corrected chi connectivity index (χ4v) is 3.14. The average molecular weight is 476 g/mol. The summed E-state index contributed by atoms with van der Waals surface area (Å²) < 4.78 is 0. The number of carboxylic acids is 1. The van der Waals surface area contributed by atoms with Gasteiger partial charge < -0.3 is 32.5 Å². The van der Waals surface area contributed by atoms with E-state index in [9.17, 15) is 29.1 Å². The second kappa shape index (κ2) is 14.7. The molecule has 0 fully saturated rings. The number of amides is 4. The first-order valence-electron chi connectivity index (χ1n) is 10.6. The molecule has 8 N–H and O–H groups in total. The monoisotopic (exact) mass is 475 g/mol. The second-order valence-corrected chi connectivity index (χ2v) is 8.94. The van der Waals surface area contributed by atoms with Crippen molar-refractivity contribution in [2.24, 2.45) is 23.3 Å². The zero-order valence-electron chi connectivity index (χ0n) is 19.1. The van der Waals surface area contributed by atoms with Crippen LogP contribution in [0.4, 0.5) is 0 Å². The third-order valence-corrected chi connectivity index (χ3v) is 4.88. The summed E-state index contributed by atoms with van der Waals surface area (Å²) in [4.78, 5) is 60.2. The summed E-state index contributed by atoms with van der Waals surface area (Å²) in [6.45, 7) is 7.42. The van der Waals surface area contributed by atoms with Gasteiger partial charge in [0.2, 0.25) is 23.6 Å². The first-order valence-corrected chi connectivity index (χ1v) is 11.2. The van der Waals surface area contributed by atoms with Crippen LogP contribution in [0.5, 0.6) is 0 Å². The summed E-state index contributed by atoms with van der Waals surface area (Å²) in [6.07, 6.45) is 0.335. The quantitative estimate of drug-likeness (QED) is 0.150. The fraction of sp³-hybridized carbons (Fsp3) is 0.750. The van der Waals surface area contributed by atoms with Crippen LogP contribution in [-0.4, -0.2) is 64.6 Å². The Morgan fingerprint density at radius 1 is 0.812 bits per heavy atom. The molecule has 0 saturated carbocycles. The number of carbonyl (C=O) groups excluding carboxylic acids is 4. The van der Waals surface area contributed by atoms with Crippen LogP contribution in [0.15, 0.2) is 0 Å². The Kier molecular flexibility index (Phi) is 13.6. The molecular formula is C20H37N5O6S. The van der Waals surface area contributed by atoms with E-state index >= 15 is 0 Å². The zero-order valence-corrected chi connectivity index (χ0v) is 20.0. The molecule has 4 unspecified atom stereocenters. The molecule has 0 aromatic carbocycles. The highest BCUT2D eigenvalue weighted by molar-refractivity contribution is 7.80. The molecule has 0 aromatic rings. The third kappa shape index (κ3) is 11.9. The van der Waals surface area contributed by atoms with Gasteiger partial charge in [0.05, 0.1) is 6.04 Å². The lowest BCUT2D eigenvalue weighted by molar-refractivity contribution is -0.142. The lowest BCUT2D eigenvalue weighted by Crippen LogP contribution is -2.57. The summed E-state index contributed by atoms with van der Waals surface area (Å²) in [5, 5.41) is 16.6. The Morgan fingerprint density at radius 2 is 1.28 bits per heavy atom. The van der Waals surface area contributed by atoms with E-state index in [0.29, 0.717) is 6.42 Å². The molecule has 0 aliphatic carbocycles. The molecule has 184 valence electrons. The van der Waals surface area contributed by atoms with Gasteiger partial charge in [-0.25, -0.2) is 4.79 Å². The van der Waals surface area contributed by atoms with Crippen LogP contribution < -0.4 is 27.4 Å². The van der Waals surface area contributed by atoms with Crippen molar-refractivity contribution in [1.82, 2.24) is 16.0 Å². The van der Waals surface area contributed by atoms with Crippen LogP contribution in [0.25, 0.3) is 0 Å². The number of thiol groups is 1. The van der Waals surface area contributed by atoms with Gasteiger partial charge in [-0.3, -0.25) is 19.2 Å². The smallest absolute Gasteiger partial charge is 0.326 e. The van der Waals surface area contributed by atoms with Gasteiger partial charge in [0.1, 0.15) is 18.1 Å². The molecule has 0 rings (SSSR count). The van der Waals surface area contributed by atoms with Gasteiger partial charge in [0.25, 0.3) is 0 Å². The molecule has 0 radical (unpaired) electrons. The Morgan fingerprint density at radius 3 is 1.72 bits per heavy atom. The Labute approximate surface area is 194 Å². The molecule has 0 bridgehead atoms. The van der Waals surface area contributed by atoms with Crippen LogP contribution in [-0.2, 0) is 24.0 Å². The van der Waals surface area contributed by atoms with E-state index in [0.717, 1.165) is 0 Å². The minimum Gasteiger partial charge on any atom is -0.480 e. The number of hydrogen-bond donors (Lipinski definition) is 7. The molecule has 11 nitrogen and oxygen atoms in total. The highest BCUT2D eigenvalue weighted by Crippen LogP contribution is 2.07. The van der Waals surface area contributed by atoms with Gasteiger partial charge >= 0.3 is 5.97 Å². The number of aliphatic carboxylic acids is 1. The first-order chi connectivity index (χ1) is 14.8. The Hall–Kier alpha value is -2.34. The van der Waals surface area contributed by atoms with Crippen molar-refractivity contribution < 1.29 is 29.1 Å². The summed E-state index contributed by atoms with van der Waals surface area (Å²) in [6, 6.07) is -4.29. The summed E-state index contributed by atoms with van der Waals surface area (Å²) >= 11 is 4.06. The molecular weight excluding hydrogens is 438 g/mol. The van der Waals surface area contributed by atoms with Crippen molar-refractivity contribution in [1.29, 1.82) is 0 Å². The molecule has 0 aliphatic rings. The Balaban J connectivity index is 5.30. The molecule has 32 heavy (non-hydrogen) atoms. The highest BCUT2D eigenvalue weighted by atomic mass is 32.1. The van der Waals surface area contributed by atoms with Crippen LogP contribution in [0.2, 0.25) is 0 Å². The maximum Gasteiger partial charge on any atom is 0.326 e. The zero-order chi connectivity index (χ0) is 25.0. The molecule has 0 saturated heterocycles. The minimum atomic E-state index is -1.19. The summed E-state index contributed by atoms with van der Waals surface area (Å²) in [7, 11) is 0. The number of hydrogen-bond acceptors (Lipinski definition) is 7. The van der Waals surface area contributed by atoms with E-state index in [4.69, 9.17) is 11.5 Å². The van der Waals surface area contributed by atoms with E-state index in [1.807, 2.05) is 27.7 Å². The predicted octanol–water partition coefficient (Wildman–Crippen LogP) is -0.860. The third-order valence-electron chi connectivity index (χ3n) is 4.51. The van der Waals surface area contributed by atoms with Gasteiger partial charge in [0, 0.05) is 12.2 Å². The SMILES string of the molecule is CC(C)CC(N)C(=O)NC(CCC(N)=O)C(=O)NC(CS)C(=O)NC(CC(C)C)C(=O)O. The molecule has 0 aromatic heterocycles. The second-order valence-electron chi connectivity index (χ2n) is 8.57. The van der Waals surface area contributed by atoms with Crippen molar-refractivity contribution >= 4 is 42.2 Å². The number of nitrogens with one attached hydrogen (secondary N) is 3. The molecule has 0 aliphatic heterocycles. The Bertz CT molecular complexity index is 673. The lowest BCUT2D eigenvalue weighted by Gasteiger charge is -2.25. The largest absolute Gasteiger partial charge is 0.480 e. The summed E-state index contributed by atoms with van der Waals surface area (Å²) in [5.41, 5.74) is 11.0. The number of nitrogens with two attached hydrogens (primary N) is 2. The van der Waals surface area contributed by atoms with E-state index in [-0.39, 0.29) is 36.9 Å². The minimum absolute atomic E-state index is 0.0175. The number of rotatable bonds is 15. The van der Waals surface area contributed by atoms with E-state index in [1.54, 1.807) is 0 Å². The number of primary amides is 1. The van der Waals surface area contributed by atoms with Gasteiger partial charge in [-0.2, -0.15) is 12.6 Å². The van der Waals surface area contributed by atoms with E-state index in [2.05, 4.69) is 28.6 Å². The van der Waals surface area contributed by atoms with Gasteiger partial charge in [0.15, 0.2) is 0 Å².